The number of carboxylic acids is 1. The molecule has 0 bridgehead atoms. The van der Waals surface area contributed by atoms with Crippen molar-refractivity contribution in [3.8, 4) is 5.75 Å². The molecular weight excluding hydrogens is 216 g/mol. The minimum absolute atomic E-state index is 0.266. The third-order valence-electron chi connectivity index (χ3n) is 3.01. The van der Waals surface area contributed by atoms with Crippen molar-refractivity contribution in [2.45, 2.75) is 45.4 Å². The lowest BCUT2D eigenvalue weighted by molar-refractivity contribution is -0.138. The highest BCUT2D eigenvalue weighted by Crippen LogP contribution is 2.26. The van der Waals surface area contributed by atoms with Crippen LogP contribution in [0.15, 0.2) is 18.2 Å². The molecule has 0 aliphatic rings. The number of hydrogen-bond donors (Lipinski definition) is 2. The Bertz CT molecular complexity index is 385. The monoisotopic (exact) mass is 236 g/mol. The molecule has 0 saturated carbocycles. The number of aryl methyl sites for hydroxylation is 1. The Morgan fingerprint density at radius 3 is 2.59 bits per heavy atom. The molecule has 1 aromatic rings. The topological polar surface area (TPSA) is 57.5 Å². The Morgan fingerprint density at radius 1 is 1.35 bits per heavy atom. The number of aliphatic carboxylic acids is 1. The summed E-state index contributed by atoms with van der Waals surface area (Å²) in [4.78, 5) is 11.1. The van der Waals surface area contributed by atoms with Gasteiger partial charge in [0.1, 0.15) is 5.75 Å². The van der Waals surface area contributed by atoms with Gasteiger partial charge in [-0.25, -0.2) is 0 Å². The second-order valence-electron chi connectivity index (χ2n) is 4.29. The lowest BCUT2D eigenvalue weighted by Crippen LogP contribution is -2.10. The zero-order valence-corrected chi connectivity index (χ0v) is 10.4. The van der Waals surface area contributed by atoms with Crippen LogP contribution in [0, 0.1) is 0 Å². The lowest BCUT2D eigenvalue weighted by atomic mass is 9.93. The van der Waals surface area contributed by atoms with E-state index in [4.69, 9.17) is 5.11 Å². The van der Waals surface area contributed by atoms with Crippen molar-refractivity contribution < 1.29 is 15.0 Å². The van der Waals surface area contributed by atoms with Gasteiger partial charge in [0.05, 0.1) is 5.92 Å². The number of phenols is 1. The molecule has 0 amide bonds. The predicted molar refractivity (Wildman–Crippen MR) is 67.4 cm³/mol. The molecular formula is C14H20O3. The van der Waals surface area contributed by atoms with Crippen LogP contribution in [0.3, 0.4) is 0 Å². The van der Waals surface area contributed by atoms with E-state index in [1.165, 1.54) is 0 Å². The van der Waals surface area contributed by atoms with Crippen LogP contribution in [-0.2, 0) is 11.2 Å². The van der Waals surface area contributed by atoms with Gasteiger partial charge in [-0.3, -0.25) is 4.79 Å². The highest BCUT2D eigenvalue weighted by molar-refractivity contribution is 5.76. The maximum absolute atomic E-state index is 11.1. The summed E-state index contributed by atoms with van der Waals surface area (Å²) in [7, 11) is 0. The first-order valence-electron chi connectivity index (χ1n) is 6.14. The van der Waals surface area contributed by atoms with E-state index < -0.39 is 11.9 Å². The van der Waals surface area contributed by atoms with E-state index in [1.807, 2.05) is 13.0 Å². The zero-order chi connectivity index (χ0) is 12.8. The summed E-state index contributed by atoms with van der Waals surface area (Å²) in [6.07, 6.45) is 3.42. The molecule has 0 radical (unpaired) electrons. The third kappa shape index (κ3) is 3.48. The lowest BCUT2D eigenvalue weighted by Gasteiger charge is -2.12. The molecule has 2 N–H and O–H groups in total. The molecule has 17 heavy (non-hydrogen) atoms. The van der Waals surface area contributed by atoms with Gasteiger partial charge < -0.3 is 10.2 Å². The van der Waals surface area contributed by atoms with Crippen LogP contribution >= 0.6 is 0 Å². The first-order chi connectivity index (χ1) is 8.10. The van der Waals surface area contributed by atoms with E-state index in [-0.39, 0.29) is 5.75 Å². The number of benzene rings is 1. The van der Waals surface area contributed by atoms with E-state index in [0.717, 1.165) is 30.4 Å². The summed E-state index contributed by atoms with van der Waals surface area (Å²) < 4.78 is 0. The zero-order valence-electron chi connectivity index (χ0n) is 10.4. The molecule has 1 rings (SSSR count). The number of carboxylic acid groups (broad SMARTS) is 1. The van der Waals surface area contributed by atoms with Crippen molar-refractivity contribution in [1.82, 2.24) is 0 Å². The summed E-state index contributed by atoms with van der Waals surface area (Å²) >= 11 is 0. The van der Waals surface area contributed by atoms with Gasteiger partial charge >= 0.3 is 5.97 Å². The first-order valence-corrected chi connectivity index (χ1v) is 6.14. The largest absolute Gasteiger partial charge is 0.508 e. The molecule has 0 fully saturated rings. The van der Waals surface area contributed by atoms with Crippen molar-refractivity contribution in [2.24, 2.45) is 0 Å². The van der Waals surface area contributed by atoms with Gasteiger partial charge in [0.25, 0.3) is 0 Å². The van der Waals surface area contributed by atoms with Crippen molar-refractivity contribution in [1.29, 1.82) is 0 Å². The normalized spacial score (nSPS) is 12.4. The van der Waals surface area contributed by atoms with Gasteiger partial charge in [0, 0.05) is 0 Å². The summed E-state index contributed by atoms with van der Waals surface area (Å²) in [6.45, 7) is 3.95. The third-order valence-corrected chi connectivity index (χ3v) is 3.01. The van der Waals surface area contributed by atoms with Gasteiger partial charge in [0.2, 0.25) is 0 Å². The smallest absolute Gasteiger partial charge is 0.310 e. The second-order valence-corrected chi connectivity index (χ2v) is 4.29. The molecule has 94 valence electrons. The van der Waals surface area contributed by atoms with Crippen LogP contribution < -0.4 is 0 Å². The molecule has 1 unspecified atom stereocenters. The maximum Gasteiger partial charge on any atom is 0.310 e. The first kappa shape index (κ1) is 13.6. The molecule has 1 aromatic carbocycles. The van der Waals surface area contributed by atoms with Crippen molar-refractivity contribution in [2.75, 3.05) is 0 Å². The van der Waals surface area contributed by atoms with Gasteiger partial charge in [0.15, 0.2) is 0 Å². The van der Waals surface area contributed by atoms with Crippen molar-refractivity contribution in [3.05, 3.63) is 29.3 Å². The minimum Gasteiger partial charge on any atom is -0.508 e. The fraction of sp³-hybridized carbons (Fsp3) is 0.500. The number of rotatable bonds is 6. The average Bonchev–Trinajstić information content (AvgIpc) is 2.30. The Balaban J connectivity index is 2.97. The Hall–Kier alpha value is -1.51. The fourth-order valence-electron chi connectivity index (χ4n) is 1.94. The number of hydrogen-bond acceptors (Lipinski definition) is 2. The van der Waals surface area contributed by atoms with Crippen molar-refractivity contribution in [3.63, 3.8) is 0 Å². The summed E-state index contributed by atoms with van der Waals surface area (Å²) in [5.41, 5.74) is 1.63. The maximum atomic E-state index is 11.1. The van der Waals surface area contributed by atoms with Crippen LogP contribution in [0.4, 0.5) is 0 Å². The van der Waals surface area contributed by atoms with E-state index in [9.17, 15) is 9.90 Å². The SMILES string of the molecule is CCCCc1cc(C(CC)C(=O)O)ccc1O. The molecule has 0 aromatic heterocycles. The molecule has 3 nitrogen and oxygen atoms in total. The van der Waals surface area contributed by atoms with Gasteiger partial charge in [-0.2, -0.15) is 0 Å². The molecule has 1 atom stereocenters. The average molecular weight is 236 g/mol. The number of phenolic OH excluding ortho intramolecular Hbond substituents is 1. The number of unbranched alkanes of at least 4 members (excludes halogenated alkanes) is 1. The molecule has 0 aliphatic heterocycles. The number of carbonyl (C=O) groups is 1. The summed E-state index contributed by atoms with van der Waals surface area (Å²) in [5, 5.41) is 18.8. The Kier molecular flexibility index (Phi) is 5.01. The standard InChI is InChI=1S/C14H20O3/c1-3-5-6-11-9-10(7-8-13(11)15)12(4-2)14(16)17/h7-9,12,15H,3-6H2,1-2H3,(H,16,17). The van der Waals surface area contributed by atoms with E-state index in [0.29, 0.717) is 6.42 Å². The highest BCUT2D eigenvalue weighted by Gasteiger charge is 2.18. The van der Waals surface area contributed by atoms with Gasteiger partial charge in [-0.05, 0) is 36.5 Å². The van der Waals surface area contributed by atoms with Crippen LogP contribution in [0.2, 0.25) is 0 Å². The highest BCUT2D eigenvalue weighted by atomic mass is 16.4. The molecule has 0 spiro atoms. The van der Waals surface area contributed by atoms with Crippen molar-refractivity contribution >= 4 is 5.97 Å². The Morgan fingerprint density at radius 2 is 2.06 bits per heavy atom. The fourth-order valence-corrected chi connectivity index (χ4v) is 1.94. The minimum atomic E-state index is -0.806. The summed E-state index contributed by atoms with van der Waals surface area (Å²) in [6, 6.07) is 5.13. The number of aromatic hydroxyl groups is 1. The van der Waals surface area contributed by atoms with E-state index in [1.54, 1.807) is 12.1 Å². The summed E-state index contributed by atoms with van der Waals surface area (Å²) in [5.74, 6) is -1.02. The second kappa shape index (κ2) is 6.28. The van der Waals surface area contributed by atoms with E-state index >= 15 is 0 Å². The molecule has 0 saturated heterocycles. The van der Waals surface area contributed by atoms with Crippen LogP contribution in [-0.4, -0.2) is 16.2 Å². The predicted octanol–water partition coefficient (Wildman–Crippen LogP) is 3.31. The molecule has 3 heteroatoms. The molecule has 0 aliphatic carbocycles. The van der Waals surface area contributed by atoms with Gasteiger partial charge in [-0.15, -0.1) is 0 Å². The Labute approximate surface area is 102 Å². The molecule has 0 heterocycles. The quantitative estimate of drug-likeness (QED) is 0.796. The van der Waals surface area contributed by atoms with Gasteiger partial charge in [-0.1, -0.05) is 32.4 Å². The van der Waals surface area contributed by atoms with E-state index in [2.05, 4.69) is 6.92 Å². The van der Waals surface area contributed by atoms with Crippen LogP contribution in [0.1, 0.15) is 50.2 Å². The van der Waals surface area contributed by atoms with Crippen LogP contribution in [0.25, 0.3) is 0 Å². The van der Waals surface area contributed by atoms with Crippen LogP contribution in [0.5, 0.6) is 5.75 Å².